The maximum absolute atomic E-state index is 12.9. The summed E-state index contributed by atoms with van der Waals surface area (Å²) in [7, 11) is 0.729. The van der Waals surface area contributed by atoms with E-state index in [0.29, 0.717) is 0 Å². The molecule has 0 aliphatic rings. The summed E-state index contributed by atoms with van der Waals surface area (Å²) in [6.45, 7) is 0. The summed E-state index contributed by atoms with van der Waals surface area (Å²) in [5.41, 5.74) is -2.07. The molecule has 1 aromatic rings. The van der Waals surface area contributed by atoms with Crippen molar-refractivity contribution in [2.45, 2.75) is 6.18 Å². The third-order valence-electron chi connectivity index (χ3n) is 1.71. The molecule has 90 valence electrons. The molecular weight excluding hydrogens is 262 g/mol. The molecule has 0 saturated carbocycles. The predicted octanol–water partition coefficient (Wildman–Crippen LogP) is 3.78. The van der Waals surface area contributed by atoms with Crippen molar-refractivity contribution in [2.75, 3.05) is 7.11 Å². The number of rotatable bonds is 1. The quantitative estimate of drug-likeness (QED) is 0.426. The average Bonchev–Trinajstić information content (AvgIpc) is 2.18. The van der Waals surface area contributed by atoms with Gasteiger partial charge in [0.15, 0.2) is 23.2 Å². The number of ether oxygens (including phenoxy) is 1. The highest BCUT2D eigenvalue weighted by molar-refractivity contribution is 6.32. The van der Waals surface area contributed by atoms with Crippen LogP contribution in [0.1, 0.15) is 5.56 Å². The summed E-state index contributed by atoms with van der Waals surface area (Å²) in [6.07, 6.45) is -5.24. The van der Waals surface area contributed by atoms with Crippen LogP contribution in [0.15, 0.2) is 0 Å². The van der Waals surface area contributed by atoms with Gasteiger partial charge < -0.3 is 4.74 Å². The fourth-order valence-electron chi connectivity index (χ4n) is 1.06. The highest BCUT2D eigenvalue weighted by Crippen LogP contribution is 2.44. The van der Waals surface area contributed by atoms with Gasteiger partial charge in [0.05, 0.1) is 7.11 Å². The zero-order chi connectivity index (χ0) is 12.7. The van der Waals surface area contributed by atoms with Crippen LogP contribution in [-0.4, -0.2) is 7.11 Å². The molecule has 0 heterocycles. The standard InChI is InChI=1S/C8H3ClF6O/c1-16-7-2(8(13,14)15)4(10)6(12)5(11)3(7)9/h1H3. The van der Waals surface area contributed by atoms with Crippen LogP contribution in [0.4, 0.5) is 26.3 Å². The molecule has 0 saturated heterocycles. The van der Waals surface area contributed by atoms with Crippen LogP contribution < -0.4 is 4.74 Å². The van der Waals surface area contributed by atoms with E-state index in [1.54, 1.807) is 0 Å². The van der Waals surface area contributed by atoms with Gasteiger partial charge in [-0.15, -0.1) is 0 Å². The number of benzene rings is 1. The SMILES string of the molecule is COc1c(Cl)c(F)c(F)c(F)c1C(F)(F)F. The topological polar surface area (TPSA) is 9.23 Å². The van der Waals surface area contributed by atoms with Gasteiger partial charge in [-0.3, -0.25) is 0 Å². The minimum Gasteiger partial charge on any atom is -0.494 e. The molecule has 0 N–H and O–H groups in total. The summed E-state index contributed by atoms with van der Waals surface area (Å²) in [6, 6.07) is 0. The van der Waals surface area contributed by atoms with Gasteiger partial charge in [-0.1, -0.05) is 11.6 Å². The maximum Gasteiger partial charge on any atom is 0.422 e. The molecule has 0 aromatic heterocycles. The highest BCUT2D eigenvalue weighted by atomic mass is 35.5. The maximum atomic E-state index is 12.9. The summed E-state index contributed by atoms with van der Waals surface area (Å²) in [5.74, 6) is -7.89. The third-order valence-corrected chi connectivity index (χ3v) is 2.05. The zero-order valence-corrected chi connectivity index (χ0v) is 8.31. The fourth-order valence-corrected chi connectivity index (χ4v) is 1.31. The monoisotopic (exact) mass is 264 g/mol. The first-order chi connectivity index (χ1) is 7.21. The van der Waals surface area contributed by atoms with Gasteiger partial charge in [-0.25, -0.2) is 13.2 Å². The van der Waals surface area contributed by atoms with E-state index in [9.17, 15) is 26.3 Å². The van der Waals surface area contributed by atoms with Crippen molar-refractivity contribution in [3.05, 3.63) is 28.0 Å². The van der Waals surface area contributed by atoms with Crippen molar-refractivity contribution in [1.29, 1.82) is 0 Å². The normalized spacial score (nSPS) is 11.8. The Kier molecular flexibility index (Phi) is 3.27. The van der Waals surface area contributed by atoms with Gasteiger partial charge in [0.25, 0.3) is 0 Å². The number of hydrogen-bond acceptors (Lipinski definition) is 1. The molecule has 0 aliphatic heterocycles. The van der Waals surface area contributed by atoms with Crippen LogP contribution in [-0.2, 0) is 6.18 Å². The van der Waals surface area contributed by atoms with Gasteiger partial charge >= 0.3 is 6.18 Å². The van der Waals surface area contributed by atoms with E-state index < -0.39 is 40.0 Å². The lowest BCUT2D eigenvalue weighted by molar-refractivity contribution is -0.141. The first kappa shape index (κ1) is 13.0. The summed E-state index contributed by atoms with van der Waals surface area (Å²) < 4.78 is 79.5. The largest absolute Gasteiger partial charge is 0.494 e. The van der Waals surface area contributed by atoms with Gasteiger partial charge in [0.1, 0.15) is 10.6 Å². The lowest BCUT2D eigenvalue weighted by atomic mass is 10.1. The van der Waals surface area contributed by atoms with Gasteiger partial charge in [-0.2, -0.15) is 13.2 Å². The predicted molar refractivity (Wildman–Crippen MR) is 42.9 cm³/mol. The molecule has 1 nitrogen and oxygen atoms in total. The smallest absolute Gasteiger partial charge is 0.422 e. The molecular formula is C8H3ClF6O. The van der Waals surface area contributed by atoms with Crippen LogP contribution in [0.2, 0.25) is 5.02 Å². The van der Waals surface area contributed by atoms with Crippen molar-refractivity contribution in [1.82, 2.24) is 0 Å². The van der Waals surface area contributed by atoms with Crippen LogP contribution in [0.25, 0.3) is 0 Å². The van der Waals surface area contributed by atoms with Crippen LogP contribution >= 0.6 is 11.6 Å². The van der Waals surface area contributed by atoms with E-state index in [2.05, 4.69) is 4.74 Å². The van der Waals surface area contributed by atoms with E-state index in [0.717, 1.165) is 7.11 Å². The lowest BCUT2D eigenvalue weighted by Crippen LogP contribution is -2.14. The van der Waals surface area contributed by atoms with E-state index in [4.69, 9.17) is 11.6 Å². The van der Waals surface area contributed by atoms with Crippen molar-refractivity contribution in [2.24, 2.45) is 0 Å². The van der Waals surface area contributed by atoms with Crippen molar-refractivity contribution in [3.8, 4) is 5.75 Å². The first-order valence-electron chi connectivity index (χ1n) is 3.69. The Hall–Kier alpha value is -1.11. The second-order valence-electron chi connectivity index (χ2n) is 2.66. The Labute approximate surface area is 90.6 Å². The molecule has 0 aliphatic carbocycles. The van der Waals surface area contributed by atoms with E-state index >= 15 is 0 Å². The molecule has 1 aromatic carbocycles. The highest BCUT2D eigenvalue weighted by Gasteiger charge is 2.42. The first-order valence-corrected chi connectivity index (χ1v) is 4.06. The van der Waals surface area contributed by atoms with Gasteiger partial charge in [0.2, 0.25) is 0 Å². The molecule has 1 rings (SSSR count). The number of methoxy groups -OCH3 is 1. The second kappa shape index (κ2) is 4.04. The Bertz CT molecular complexity index is 428. The minimum atomic E-state index is -5.24. The summed E-state index contributed by atoms with van der Waals surface area (Å²) >= 11 is 5.08. The van der Waals surface area contributed by atoms with Gasteiger partial charge in [-0.05, 0) is 0 Å². The van der Waals surface area contributed by atoms with E-state index in [-0.39, 0.29) is 0 Å². The van der Waals surface area contributed by atoms with Gasteiger partial charge in [0, 0.05) is 0 Å². The summed E-state index contributed by atoms with van der Waals surface area (Å²) in [5, 5.41) is -1.26. The number of hydrogen-bond donors (Lipinski definition) is 0. The fraction of sp³-hybridized carbons (Fsp3) is 0.250. The third kappa shape index (κ3) is 1.91. The van der Waals surface area contributed by atoms with E-state index in [1.165, 1.54) is 0 Å². The zero-order valence-electron chi connectivity index (χ0n) is 7.55. The lowest BCUT2D eigenvalue weighted by Gasteiger charge is -2.15. The molecule has 0 radical (unpaired) electrons. The van der Waals surface area contributed by atoms with Crippen LogP contribution in [0.5, 0.6) is 5.75 Å². The molecule has 0 fully saturated rings. The molecule has 0 bridgehead atoms. The molecule has 8 heteroatoms. The van der Waals surface area contributed by atoms with E-state index in [1.807, 2.05) is 0 Å². The Morgan fingerprint density at radius 3 is 1.88 bits per heavy atom. The number of halogens is 7. The Morgan fingerprint density at radius 1 is 1.00 bits per heavy atom. The molecule has 0 atom stereocenters. The molecule has 16 heavy (non-hydrogen) atoms. The van der Waals surface area contributed by atoms with Crippen molar-refractivity contribution < 1.29 is 31.1 Å². The van der Waals surface area contributed by atoms with Crippen molar-refractivity contribution in [3.63, 3.8) is 0 Å². The molecule has 0 spiro atoms. The molecule has 0 amide bonds. The Morgan fingerprint density at radius 2 is 1.50 bits per heavy atom. The second-order valence-corrected chi connectivity index (χ2v) is 3.04. The molecule has 0 unspecified atom stereocenters. The van der Waals surface area contributed by atoms with Crippen molar-refractivity contribution >= 4 is 11.6 Å². The van der Waals surface area contributed by atoms with Crippen LogP contribution in [0, 0.1) is 17.5 Å². The minimum absolute atomic E-state index is 0.729. The Balaban J connectivity index is 3.72. The summed E-state index contributed by atoms with van der Waals surface area (Å²) in [4.78, 5) is 0. The number of alkyl halides is 3. The average molecular weight is 265 g/mol. The van der Waals surface area contributed by atoms with Crippen LogP contribution in [0.3, 0.4) is 0 Å².